The first kappa shape index (κ1) is 11.5. The summed E-state index contributed by atoms with van der Waals surface area (Å²) in [5, 5.41) is 0. The lowest BCUT2D eigenvalue weighted by molar-refractivity contribution is 0.753. The summed E-state index contributed by atoms with van der Waals surface area (Å²) in [6.07, 6.45) is 2.16. The van der Waals surface area contributed by atoms with Crippen molar-refractivity contribution in [2.45, 2.75) is 13.8 Å². The van der Waals surface area contributed by atoms with E-state index in [0.717, 1.165) is 4.47 Å². The second kappa shape index (κ2) is 5.32. The van der Waals surface area contributed by atoms with E-state index >= 15 is 0 Å². The summed E-state index contributed by atoms with van der Waals surface area (Å²) in [7, 11) is 0. The zero-order chi connectivity index (χ0) is 10.6. The Morgan fingerprint density at radius 3 is 2.36 bits per heavy atom. The SMILES string of the molecule is CC(C)C(=Cc1ccc(Br)cc1)CN. The van der Waals surface area contributed by atoms with Crippen LogP contribution in [0.15, 0.2) is 34.3 Å². The molecule has 2 heteroatoms. The third-order valence-corrected chi connectivity index (χ3v) is 2.73. The standard InChI is InChI=1S/C12H16BrN/c1-9(2)11(8-14)7-10-3-5-12(13)6-4-10/h3-7,9H,8,14H2,1-2H3. The molecule has 0 unspecified atom stereocenters. The molecule has 0 aromatic heterocycles. The fraction of sp³-hybridized carbons (Fsp3) is 0.333. The van der Waals surface area contributed by atoms with Crippen LogP contribution >= 0.6 is 15.9 Å². The minimum absolute atomic E-state index is 0.517. The molecule has 0 saturated heterocycles. The highest BCUT2D eigenvalue weighted by Gasteiger charge is 2.00. The van der Waals surface area contributed by atoms with E-state index in [-0.39, 0.29) is 0 Å². The monoisotopic (exact) mass is 253 g/mol. The molecule has 0 fully saturated rings. The van der Waals surface area contributed by atoms with Crippen molar-refractivity contribution in [3.05, 3.63) is 39.9 Å². The van der Waals surface area contributed by atoms with Crippen molar-refractivity contribution in [1.29, 1.82) is 0 Å². The van der Waals surface area contributed by atoms with Gasteiger partial charge in [0.15, 0.2) is 0 Å². The van der Waals surface area contributed by atoms with Crippen molar-refractivity contribution in [3.63, 3.8) is 0 Å². The Morgan fingerprint density at radius 1 is 1.36 bits per heavy atom. The number of nitrogens with two attached hydrogens (primary N) is 1. The lowest BCUT2D eigenvalue weighted by atomic mass is 10.0. The number of rotatable bonds is 3. The number of hydrogen-bond acceptors (Lipinski definition) is 1. The Bertz CT molecular complexity index is 312. The third kappa shape index (κ3) is 3.28. The second-order valence-electron chi connectivity index (χ2n) is 3.63. The van der Waals surface area contributed by atoms with Gasteiger partial charge in [-0.1, -0.05) is 53.6 Å². The molecule has 0 aliphatic rings. The summed E-state index contributed by atoms with van der Waals surface area (Å²) in [6, 6.07) is 8.25. The molecule has 2 N–H and O–H groups in total. The average Bonchev–Trinajstić information content (AvgIpc) is 2.16. The molecule has 0 aliphatic heterocycles. The molecule has 1 rings (SSSR count). The molecule has 0 saturated carbocycles. The number of hydrogen-bond donors (Lipinski definition) is 1. The molecule has 1 aromatic rings. The lowest BCUT2D eigenvalue weighted by Crippen LogP contribution is -2.08. The average molecular weight is 254 g/mol. The molecule has 0 radical (unpaired) electrons. The first-order valence-electron chi connectivity index (χ1n) is 4.79. The zero-order valence-corrected chi connectivity index (χ0v) is 10.2. The fourth-order valence-corrected chi connectivity index (χ4v) is 1.50. The highest BCUT2D eigenvalue weighted by molar-refractivity contribution is 9.10. The molecule has 0 bridgehead atoms. The van der Waals surface area contributed by atoms with Crippen molar-refractivity contribution in [3.8, 4) is 0 Å². The van der Waals surface area contributed by atoms with E-state index < -0.39 is 0 Å². The van der Waals surface area contributed by atoms with Gasteiger partial charge in [-0.25, -0.2) is 0 Å². The molecule has 0 spiro atoms. The van der Waals surface area contributed by atoms with Crippen LogP contribution in [0.5, 0.6) is 0 Å². The van der Waals surface area contributed by atoms with Crippen molar-refractivity contribution in [1.82, 2.24) is 0 Å². The maximum absolute atomic E-state index is 5.67. The fourth-order valence-electron chi connectivity index (χ4n) is 1.23. The summed E-state index contributed by atoms with van der Waals surface area (Å²) >= 11 is 3.41. The van der Waals surface area contributed by atoms with Gasteiger partial charge in [-0.3, -0.25) is 0 Å². The van der Waals surface area contributed by atoms with Crippen molar-refractivity contribution in [2.75, 3.05) is 6.54 Å². The Hall–Kier alpha value is -0.600. The highest BCUT2D eigenvalue weighted by Crippen LogP contribution is 2.16. The van der Waals surface area contributed by atoms with Crippen molar-refractivity contribution < 1.29 is 0 Å². The van der Waals surface area contributed by atoms with E-state index in [4.69, 9.17) is 5.73 Å². The van der Waals surface area contributed by atoms with Crippen molar-refractivity contribution >= 4 is 22.0 Å². The van der Waals surface area contributed by atoms with Gasteiger partial charge >= 0.3 is 0 Å². The Labute approximate surface area is 94.1 Å². The van der Waals surface area contributed by atoms with E-state index in [1.807, 2.05) is 12.1 Å². The normalized spacial score (nSPS) is 12.2. The van der Waals surface area contributed by atoms with Crippen LogP contribution < -0.4 is 5.73 Å². The van der Waals surface area contributed by atoms with Gasteiger partial charge in [0.25, 0.3) is 0 Å². The van der Waals surface area contributed by atoms with Gasteiger partial charge in [0.1, 0.15) is 0 Å². The van der Waals surface area contributed by atoms with Crippen molar-refractivity contribution in [2.24, 2.45) is 11.7 Å². The van der Waals surface area contributed by atoms with Gasteiger partial charge < -0.3 is 5.73 Å². The van der Waals surface area contributed by atoms with Gasteiger partial charge in [0.05, 0.1) is 0 Å². The van der Waals surface area contributed by atoms with Crippen LogP contribution in [0.1, 0.15) is 19.4 Å². The first-order chi connectivity index (χ1) is 6.63. The van der Waals surface area contributed by atoms with Gasteiger partial charge in [0.2, 0.25) is 0 Å². The molecule has 76 valence electrons. The Balaban J connectivity index is 2.89. The molecule has 1 aromatic carbocycles. The topological polar surface area (TPSA) is 26.0 Å². The Kier molecular flexibility index (Phi) is 4.36. The van der Waals surface area contributed by atoms with Crippen LogP contribution in [0.25, 0.3) is 6.08 Å². The minimum Gasteiger partial charge on any atom is -0.327 e. The van der Waals surface area contributed by atoms with Gasteiger partial charge in [0, 0.05) is 11.0 Å². The van der Waals surface area contributed by atoms with Crippen LogP contribution in [0.2, 0.25) is 0 Å². The van der Waals surface area contributed by atoms with Gasteiger partial charge in [-0.05, 0) is 23.6 Å². The van der Waals surface area contributed by atoms with Crippen LogP contribution in [0.4, 0.5) is 0 Å². The second-order valence-corrected chi connectivity index (χ2v) is 4.55. The number of benzene rings is 1. The summed E-state index contributed by atoms with van der Waals surface area (Å²) < 4.78 is 1.11. The van der Waals surface area contributed by atoms with E-state index in [2.05, 4.69) is 48.0 Å². The van der Waals surface area contributed by atoms with Crippen LogP contribution in [-0.4, -0.2) is 6.54 Å². The van der Waals surface area contributed by atoms with Crippen LogP contribution in [0, 0.1) is 5.92 Å². The van der Waals surface area contributed by atoms with Gasteiger partial charge in [-0.15, -0.1) is 0 Å². The van der Waals surface area contributed by atoms with E-state index in [9.17, 15) is 0 Å². The highest BCUT2D eigenvalue weighted by atomic mass is 79.9. The molecule has 14 heavy (non-hydrogen) atoms. The zero-order valence-electron chi connectivity index (χ0n) is 8.63. The largest absolute Gasteiger partial charge is 0.327 e. The first-order valence-corrected chi connectivity index (χ1v) is 5.59. The van der Waals surface area contributed by atoms with Crippen LogP contribution in [-0.2, 0) is 0 Å². The predicted molar refractivity (Wildman–Crippen MR) is 66.0 cm³/mol. The quantitative estimate of drug-likeness (QED) is 0.878. The molecular formula is C12H16BrN. The van der Waals surface area contributed by atoms with E-state index in [1.165, 1.54) is 11.1 Å². The summed E-state index contributed by atoms with van der Waals surface area (Å²) in [5.41, 5.74) is 8.17. The minimum atomic E-state index is 0.517. The third-order valence-electron chi connectivity index (χ3n) is 2.20. The molecule has 0 amide bonds. The van der Waals surface area contributed by atoms with Crippen LogP contribution in [0.3, 0.4) is 0 Å². The lowest BCUT2D eigenvalue weighted by Gasteiger charge is -2.08. The molecule has 0 atom stereocenters. The molecule has 0 heterocycles. The van der Waals surface area contributed by atoms with E-state index in [0.29, 0.717) is 12.5 Å². The smallest absolute Gasteiger partial charge is 0.0175 e. The maximum atomic E-state index is 5.67. The molecule has 1 nitrogen and oxygen atoms in total. The molecule has 0 aliphatic carbocycles. The van der Waals surface area contributed by atoms with E-state index in [1.54, 1.807) is 0 Å². The molecular weight excluding hydrogens is 238 g/mol. The summed E-state index contributed by atoms with van der Waals surface area (Å²) in [5.74, 6) is 0.517. The Morgan fingerprint density at radius 2 is 1.93 bits per heavy atom. The predicted octanol–water partition coefficient (Wildman–Crippen LogP) is 3.45. The maximum Gasteiger partial charge on any atom is 0.0175 e. The van der Waals surface area contributed by atoms with Gasteiger partial charge in [-0.2, -0.15) is 0 Å². The summed E-state index contributed by atoms with van der Waals surface area (Å²) in [6.45, 7) is 4.96. The summed E-state index contributed by atoms with van der Waals surface area (Å²) in [4.78, 5) is 0. The number of halogens is 1.